The van der Waals surface area contributed by atoms with Gasteiger partial charge in [-0.1, -0.05) is 11.9 Å². The number of nitrogens with one attached hydrogen (secondary N) is 2. The van der Waals surface area contributed by atoms with Crippen molar-refractivity contribution in [2.45, 2.75) is 12.8 Å². The van der Waals surface area contributed by atoms with E-state index >= 15 is 0 Å². The summed E-state index contributed by atoms with van der Waals surface area (Å²) in [7, 11) is 0. The Bertz CT molecular complexity index is 1020. The first-order valence-electron chi connectivity index (χ1n) is 8.19. The van der Waals surface area contributed by atoms with Crippen molar-refractivity contribution in [3.05, 3.63) is 41.0 Å². The first-order valence-corrected chi connectivity index (χ1v) is 10.1. The Balaban J connectivity index is 1.57. The molecule has 1 fully saturated rings. The Labute approximate surface area is 161 Å². The van der Waals surface area contributed by atoms with E-state index in [1.165, 1.54) is 53.9 Å². The summed E-state index contributed by atoms with van der Waals surface area (Å²) in [4.78, 5) is 20.5. The minimum absolute atomic E-state index is 0.124. The Hall–Kier alpha value is -2.46. The van der Waals surface area contributed by atoms with Crippen LogP contribution in [0.4, 0.5) is 26.0 Å². The van der Waals surface area contributed by atoms with E-state index in [4.69, 9.17) is 5.73 Å². The molecule has 6 nitrogen and oxygen atoms in total. The minimum atomic E-state index is -0.854. The fourth-order valence-electron chi connectivity index (χ4n) is 2.48. The van der Waals surface area contributed by atoms with E-state index in [9.17, 15) is 13.6 Å². The zero-order valence-corrected chi connectivity index (χ0v) is 15.6. The van der Waals surface area contributed by atoms with Crippen molar-refractivity contribution >= 4 is 56.6 Å². The fraction of sp³-hybridized carbons (Fsp3) is 0.235. The Morgan fingerprint density at radius 3 is 2.93 bits per heavy atom. The Kier molecular flexibility index (Phi) is 4.83. The van der Waals surface area contributed by atoms with E-state index in [0.717, 1.165) is 11.8 Å². The molecule has 1 amide bonds. The van der Waals surface area contributed by atoms with Gasteiger partial charge in [-0.2, -0.15) is 0 Å². The van der Waals surface area contributed by atoms with Gasteiger partial charge in [0.05, 0.1) is 21.5 Å². The molecule has 0 aliphatic heterocycles. The lowest BCUT2D eigenvalue weighted by molar-refractivity contribution is 0.102. The van der Waals surface area contributed by atoms with E-state index in [1.807, 2.05) is 0 Å². The van der Waals surface area contributed by atoms with Crippen molar-refractivity contribution in [2.24, 2.45) is 5.92 Å². The summed E-state index contributed by atoms with van der Waals surface area (Å²) in [5.74, 6) is -0.597. The van der Waals surface area contributed by atoms with Gasteiger partial charge in [0.15, 0.2) is 5.82 Å². The van der Waals surface area contributed by atoms with E-state index in [-0.39, 0.29) is 17.1 Å². The van der Waals surface area contributed by atoms with E-state index in [2.05, 4.69) is 20.0 Å². The molecule has 1 aliphatic carbocycles. The van der Waals surface area contributed by atoms with Gasteiger partial charge in [0.2, 0.25) is 0 Å². The van der Waals surface area contributed by atoms with Crippen molar-refractivity contribution in [2.75, 3.05) is 21.5 Å². The second kappa shape index (κ2) is 7.28. The molecule has 27 heavy (non-hydrogen) atoms. The number of thiophene rings is 1. The molecule has 1 aliphatic rings. The molecule has 10 heteroatoms. The maximum Gasteiger partial charge on any atom is 0.258 e. The first kappa shape index (κ1) is 17.9. The van der Waals surface area contributed by atoms with Gasteiger partial charge in [-0.3, -0.25) is 4.79 Å². The highest BCUT2D eigenvalue weighted by atomic mass is 32.2. The van der Waals surface area contributed by atoms with Crippen LogP contribution in [0.5, 0.6) is 0 Å². The van der Waals surface area contributed by atoms with E-state index in [0.29, 0.717) is 16.1 Å². The normalized spacial score (nSPS) is 13.7. The predicted octanol–water partition coefficient (Wildman–Crippen LogP) is 4.27. The molecule has 0 spiro atoms. The summed E-state index contributed by atoms with van der Waals surface area (Å²) in [6.07, 6.45) is 3.61. The Morgan fingerprint density at radius 2 is 2.15 bits per heavy atom. The zero-order chi connectivity index (χ0) is 19.0. The number of benzene rings is 1. The summed E-state index contributed by atoms with van der Waals surface area (Å²) in [5, 5.41) is 3.85. The van der Waals surface area contributed by atoms with Crippen molar-refractivity contribution in [3.8, 4) is 0 Å². The molecule has 0 saturated heterocycles. The Morgan fingerprint density at radius 1 is 1.33 bits per heavy atom. The molecule has 4 rings (SSSR count). The number of amides is 1. The zero-order valence-electron chi connectivity index (χ0n) is 14.0. The van der Waals surface area contributed by atoms with Crippen molar-refractivity contribution in [1.82, 2.24) is 9.97 Å². The maximum absolute atomic E-state index is 14.7. The lowest BCUT2D eigenvalue weighted by Crippen LogP contribution is -2.15. The van der Waals surface area contributed by atoms with E-state index < -0.39 is 23.2 Å². The number of rotatable bonds is 6. The predicted molar refractivity (Wildman–Crippen MR) is 105 cm³/mol. The molecule has 1 aromatic carbocycles. The van der Waals surface area contributed by atoms with Crippen LogP contribution in [0.1, 0.15) is 23.2 Å². The quantitative estimate of drug-likeness (QED) is 0.529. The van der Waals surface area contributed by atoms with Crippen LogP contribution < -0.4 is 15.8 Å². The molecule has 0 unspecified atom stereocenters. The standard InChI is InChI=1S/C17H15F2N5OS2/c18-10-3-4-11(24-27-5-8-1-2-8)12(19)14(10)23-17(25)9-6-26-15-13(9)21-7-22-16(15)20/h3-4,6-8,24H,1-2,5H2,(H,23,25)(H2,20,21,22). The van der Waals surface area contributed by atoms with Crippen LogP contribution in [0.15, 0.2) is 23.8 Å². The van der Waals surface area contributed by atoms with Gasteiger partial charge >= 0.3 is 0 Å². The number of carbonyl (C=O) groups is 1. The first-order chi connectivity index (χ1) is 13.0. The molecule has 0 atom stereocenters. The summed E-state index contributed by atoms with van der Waals surface area (Å²) < 4.78 is 32.3. The van der Waals surface area contributed by atoms with Gasteiger partial charge in [0.25, 0.3) is 5.91 Å². The number of anilines is 3. The van der Waals surface area contributed by atoms with Crippen molar-refractivity contribution in [3.63, 3.8) is 0 Å². The largest absolute Gasteiger partial charge is 0.382 e. The van der Waals surface area contributed by atoms with Gasteiger partial charge in [0.1, 0.15) is 23.6 Å². The maximum atomic E-state index is 14.7. The average molecular weight is 407 g/mol. The number of nitrogens with two attached hydrogens (primary N) is 1. The van der Waals surface area contributed by atoms with Gasteiger partial charge in [0, 0.05) is 11.1 Å². The molecule has 0 bridgehead atoms. The molecule has 140 valence electrons. The topological polar surface area (TPSA) is 92.9 Å². The summed E-state index contributed by atoms with van der Waals surface area (Å²) in [5.41, 5.74) is 5.91. The van der Waals surface area contributed by atoms with E-state index in [1.54, 1.807) is 0 Å². The molecule has 4 N–H and O–H groups in total. The molecular formula is C17H15F2N5OS2. The number of nitrogens with zero attached hydrogens (tertiary/aromatic N) is 2. The van der Waals surface area contributed by atoms with Crippen LogP contribution in [0.25, 0.3) is 10.2 Å². The molecule has 2 aromatic heterocycles. The van der Waals surface area contributed by atoms with Crippen LogP contribution in [0.2, 0.25) is 0 Å². The lowest BCUT2D eigenvalue weighted by Gasteiger charge is -2.12. The van der Waals surface area contributed by atoms with Gasteiger partial charge in [-0.25, -0.2) is 18.7 Å². The third kappa shape index (κ3) is 3.67. The highest BCUT2D eigenvalue weighted by Gasteiger charge is 2.23. The average Bonchev–Trinajstić information content (AvgIpc) is 3.36. The third-order valence-electron chi connectivity index (χ3n) is 4.15. The fourth-order valence-corrected chi connectivity index (χ4v) is 4.35. The number of halogens is 2. The van der Waals surface area contributed by atoms with Crippen molar-refractivity contribution < 1.29 is 13.6 Å². The number of nitrogen functional groups attached to an aromatic ring is 1. The molecule has 1 saturated carbocycles. The summed E-state index contributed by atoms with van der Waals surface area (Å²) in [6, 6.07) is 2.43. The van der Waals surface area contributed by atoms with Crippen LogP contribution >= 0.6 is 23.3 Å². The highest BCUT2D eigenvalue weighted by Crippen LogP contribution is 2.34. The lowest BCUT2D eigenvalue weighted by atomic mass is 10.2. The van der Waals surface area contributed by atoms with Crippen LogP contribution in [-0.2, 0) is 0 Å². The third-order valence-corrected chi connectivity index (χ3v) is 6.15. The minimum Gasteiger partial charge on any atom is -0.382 e. The highest BCUT2D eigenvalue weighted by molar-refractivity contribution is 8.00. The number of hydrogen-bond acceptors (Lipinski definition) is 7. The van der Waals surface area contributed by atoms with Gasteiger partial charge in [-0.05, 0) is 30.9 Å². The second-order valence-corrected chi connectivity index (χ2v) is 7.89. The van der Waals surface area contributed by atoms with Gasteiger partial charge < -0.3 is 15.8 Å². The second-order valence-electron chi connectivity index (χ2n) is 6.18. The number of hydrogen-bond donors (Lipinski definition) is 3. The molecule has 3 aromatic rings. The summed E-state index contributed by atoms with van der Waals surface area (Å²) in [6.45, 7) is 0. The molecule has 0 radical (unpaired) electrons. The number of carbonyl (C=O) groups excluding carboxylic acids is 1. The van der Waals surface area contributed by atoms with Gasteiger partial charge in [-0.15, -0.1) is 11.3 Å². The molecule has 2 heterocycles. The van der Waals surface area contributed by atoms with Crippen LogP contribution in [0.3, 0.4) is 0 Å². The van der Waals surface area contributed by atoms with Crippen LogP contribution in [0, 0.1) is 17.6 Å². The summed E-state index contributed by atoms with van der Waals surface area (Å²) >= 11 is 2.57. The SMILES string of the molecule is Nc1ncnc2c(C(=O)Nc3c(F)ccc(NSCC4CC4)c3F)csc12. The molecular weight excluding hydrogens is 392 g/mol. The smallest absolute Gasteiger partial charge is 0.258 e. The monoisotopic (exact) mass is 407 g/mol. The number of aromatic nitrogens is 2. The van der Waals surface area contributed by atoms with Crippen molar-refractivity contribution in [1.29, 1.82) is 0 Å². The van der Waals surface area contributed by atoms with Crippen LogP contribution in [-0.4, -0.2) is 21.6 Å². The number of fused-ring (bicyclic) bond motifs is 1.